The number of nitriles is 1. The number of nitrogens with zero attached hydrogens (tertiary/aromatic N) is 2. The van der Waals surface area contributed by atoms with Gasteiger partial charge in [0.05, 0.1) is 12.6 Å². The molecule has 2 heteroatoms. The predicted octanol–water partition coefficient (Wildman–Crippen LogP) is 1.38. The van der Waals surface area contributed by atoms with E-state index < -0.39 is 0 Å². The third kappa shape index (κ3) is 1.48. The van der Waals surface area contributed by atoms with E-state index in [4.69, 9.17) is 5.26 Å². The average Bonchev–Trinajstić information content (AvgIpc) is 2.36. The maximum atomic E-state index is 8.45. The Morgan fingerprint density at radius 1 is 1.70 bits per heavy atom. The fourth-order valence-corrected chi connectivity index (χ4v) is 1.66. The fourth-order valence-electron chi connectivity index (χ4n) is 1.66. The van der Waals surface area contributed by atoms with Gasteiger partial charge in [-0.2, -0.15) is 5.26 Å². The SMILES string of the molecule is CCC1CCCN1CC#N. The first kappa shape index (κ1) is 7.56. The van der Waals surface area contributed by atoms with Gasteiger partial charge >= 0.3 is 0 Å². The second-order valence-corrected chi connectivity index (χ2v) is 2.83. The minimum absolute atomic E-state index is 0.624. The van der Waals surface area contributed by atoms with E-state index in [2.05, 4.69) is 17.9 Å². The number of hydrogen-bond acceptors (Lipinski definition) is 2. The molecule has 1 unspecified atom stereocenters. The Bertz CT molecular complexity index is 137. The zero-order chi connectivity index (χ0) is 7.40. The van der Waals surface area contributed by atoms with Gasteiger partial charge in [-0.25, -0.2) is 0 Å². The lowest BCUT2D eigenvalue weighted by Crippen LogP contribution is -2.28. The fraction of sp³-hybridized carbons (Fsp3) is 0.875. The van der Waals surface area contributed by atoms with Gasteiger partial charge in [-0.3, -0.25) is 4.90 Å². The molecule has 0 N–H and O–H groups in total. The van der Waals surface area contributed by atoms with Crippen molar-refractivity contribution >= 4 is 0 Å². The van der Waals surface area contributed by atoms with E-state index in [9.17, 15) is 0 Å². The van der Waals surface area contributed by atoms with Gasteiger partial charge in [-0.05, 0) is 25.8 Å². The molecule has 2 nitrogen and oxygen atoms in total. The summed E-state index contributed by atoms with van der Waals surface area (Å²) in [5.74, 6) is 0. The largest absolute Gasteiger partial charge is 0.288 e. The first-order valence-electron chi connectivity index (χ1n) is 3.99. The molecule has 0 aromatic rings. The van der Waals surface area contributed by atoms with Crippen LogP contribution in [0.4, 0.5) is 0 Å². The maximum absolute atomic E-state index is 8.45. The van der Waals surface area contributed by atoms with Crippen LogP contribution in [0.25, 0.3) is 0 Å². The Kier molecular flexibility index (Phi) is 2.70. The van der Waals surface area contributed by atoms with Crippen molar-refractivity contribution in [1.82, 2.24) is 4.90 Å². The van der Waals surface area contributed by atoms with Crippen molar-refractivity contribution in [3.05, 3.63) is 0 Å². The second kappa shape index (κ2) is 3.58. The van der Waals surface area contributed by atoms with Crippen molar-refractivity contribution in [2.24, 2.45) is 0 Å². The number of rotatable bonds is 2. The summed E-state index contributed by atoms with van der Waals surface area (Å²) in [6.07, 6.45) is 3.76. The predicted molar refractivity (Wildman–Crippen MR) is 40.5 cm³/mol. The molecule has 1 heterocycles. The second-order valence-electron chi connectivity index (χ2n) is 2.83. The monoisotopic (exact) mass is 138 g/mol. The molecule has 56 valence electrons. The molecule has 0 saturated carbocycles. The highest BCUT2D eigenvalue weighted by molar-refractivity contribution is 4.85. The van der Waals surface area contributed by atoms with E-state index in [1.54, 1.807) is 0 Å². The summed E-state index contributed by atoms with van der Waals surface area (Å²) in [5, 5.41) is 8.45. The van der Waals surface area contributed by atoms with Crippen LogP contribution in [0.1, 0.15) is 26.2 Å². The molecule has 1 rings (SSSR count). The summed E-state index contributed by atoms with van der Waals surface area (Å²) >= 11 is 0. The van der Waals surface area contributed by atoms with Crippen molar-refractivity contribution in [1.29, 1.82) is 5.26 Å². The topological polar surface area (TPSA) is 27.0 Å². The molecule has 0 bridgehead atoms. The Morgan fingerprint density at radius 2 is 2.50 bits per heavy atom. The molecule has 10 heavy (non-hydrogen) atoms. The quantitative estimate of drug-likeness (QED) is 0.539. The van der Waals surface area contributed by atoms with Crippen LogP contribution in [0.2, 0.25) is 0 Å². The van der Waals surface area contributed by atoms with Crippen LogP contribution in [0.15, 0.2) is 0 Å². The zero-order valence-electron chi connectivity index (χ0n) is 6.51. The summed E-state index contributed by atoms with van der Waals surface area (Å²) in [6, 6.07) is 2.89. The molecule has 1 atom stereocenters. The smallest absolute Gasteiger partial charge is 0.0868 e. The van der Waals surface area contributed by atoms with Crippen molar-refractivity contribution in [2.45, 2.75) is 32.2 Å². The lowest BCUT2D eigenvalue weighted by Gasteiger charge is -2.18. The lowest BCUT2D eigenvalue weighted by molar-refractivity contribution is 0.278. The van der Waals surface area contributed by atoms with Gasteiger partial charge in [0.1, 0.15) is 0 Å². The summed E-state index contributed by atoms with van der Waals surface area (Å²) in [6.45, 7) is 3.95. The number of likely N-dealkylation sites (tertiary alicyclic amines) is 1. The van der Waals surface area contributed by atoms with Crippen LogP contribution in [-0.2, 0) is 0 Å². The Morgan fingerprint density at radius 3 is 3.10 bits per heavy atom. The first-order chi connectivity index (χ1) is 4.88. The summed E-state index contributed by atoms with van der Waals surface area (Å²) < 4.78 is 0. The highest BCUT2D eigenvalue weighted by Crippen LogP contribution is 2.18. The standard InChI is InChI=1S/C8H14N2/c1-2-8-4-3-6-10(8)7-5-9/h8H,2-4,6-7H2,1H3. The maximum Gasteiger partial charge on any atom is 0.0868 e. The summed E-state index contributed by atoms with van der Waals surface area (Å²) in [5.41, 5.74) is 0. The van der Waals surface area contributed by atoms with Crippen LogP contribution < -0.4 is 0 Å². The lowest BCUT2D eigenvalue weighted by atomic mass is 10.2. The van der Waals surface area contributed by atoms with E-state index in [0.29, 0.717) is 12.6 Å². The molecule has 1 aliphatic rings. The number of hydrogen-bond donors (Lipinski definition) is 0. The average molecular weight is 138 g/mol. The summed E-state index contributed by atoms with van der Waals surface area (Å²) in [4.78, 5) is 2.28. The van der Waals surface area contributed by atoms with Gasteiger partial charge in [0.25, 0.3) is 0 Å². The molecule has 0 spiro atoms. The van der Waals surface area contributed by atoms with E-state index >= 15 is 0 Å². The van der Waals surface area contributed by atoms with E-state index in [1.807, 2.05) is 0 Å². The summed E-state index contributed by atoms with van der Waals surface area (Å²) in [7, 11) is 0. The zero-order valence-corrected chi connectivity index (χ0v) is 6.51. The third-order valence-corrected chi connectivity index (χ3v) is 2.24. The van der Waals surface area contributed by atoms with E-state index in [1.165, 1.54) is 19.3 Å². The normalized spacial score (nSPS) is 26.6. The molecule has 0 radical (unpaired) electrons. The molecular formula is C8H14N2. The minimum Gasteiger partial charge on any atom is -0.288 e. The van der Waals surface area contributed by atoms with Crippen molar-refractivity contribution in [3.8, 4) is 6.07 Å². The molecule has 0 amide bonds. The molecule has 0 aromatic heterocycles. The molecule has 1 aliphatic heterocycles. The Labute approximate surface area is 62.4 Å². The molecule has 1 saturated heterocycles. The van der Waals surface area contributed by atoms with Gasteiger partial charge in [0.15, 0.2) is 0 Å². The van der Waals surface area contributed by atoms with Gasteiger partial charge in [0, 0.05) is 6.04 Å². The van der Waals surface area contributed by atoms with Crippen molar-refractivity contribution in [2.75, 3.05) is 13.1 Å². The van der Waals surface area contributed by atoms with Gasteiger partial charge < -0.3 is 0 Å². The van der Waals surface area contributed by atoms with Crippen LogP contribution in [0, 0.1) is 11.3 Å². The van der Waals surface area contributed by atoms with Crippen molar-refractivity contribution in [3.63, 3.8) is 0 Å². The minimum atomic E-state index is 0.624. The first-order valence-corrected chi connectivity index (χ1v) is 3.99. The molecule has 0 aromatic carbocycles. The van der Waals surface area contributed by atoms with Crippen LogP contribution in [-0.4, -0.2) is 24.0 Å². The third-order valence-electron chi connectivity index (χ3n) is 2.24. The van der Waals surface area contributed by atoms with Gasteiger partial charge in [-0.15, -0.1) is 0 Å². The van der Waals surface area contributed by atoms with Crippen LogP contribution in [0.5, 0.6) is 0 Å². The highest BCUT2D eigenvalue weighted by Gasteiger charge is 2.21. The van der Waals surface area contributed by atoms with Crippen molar-refractivity contribution < 1.29 is 0 Å². The Balaban J connectivity index is 2.36. The van der Waals surface area contributed by atoms with Crippen LogP contribution >= 0.6 is 0 Å². The van der Waals surface area contributed by atoms with Gasteiger partial charge in [-0.1, -0.05) is 6.92 Å². The van der Waals surface area contributed by atoms with E-state index in [0.717, 1.165) is 6.54 Å². The van der Waals surface area contributed by atoms with Gasteiger partial charge in [0.2, 0.25) is 0 Å². The Hall–Kier alpha value is -0.550. The molecule has 0 aliphatic carbocycles. The highest BCUT2D eigenvalue weighted by atomic mass is 15.2. The van der Waals surface area contributed by atoms with E-state index in [-0.39, 0.29) is 0 Å². The van der Waals surface area contributed by atoms with Crippen LogP contribution in [0.3, 0.4) is 0 Å². The molecular weight excluding hydrogens is 124 g/mol. The molecule has 1 fully saturated rings.